The van der Waals surface area contributed by atoms with Crippen LogP contribution in [0.2, 0.25) is 0 Å². The standard InChI is InChI=1S/C19H21ClO3/c1-13(2)23-15-10-8-14(9-11-15)17(12-19(20)21)16-6-4-5-7-18(16)22-3/h4-11,13,17H,12H2,1-3H3. The summed E-state index contributed by atoms with van der Waals surface area (Å²) >= 11 is 5.66. The van der Waals surface area contributed by atoms with Crippen LogP contribution in [0.1, 0.15) is 37.3 Å². The molecule has 1 unspecified atom stereocenters. The fourth-order valence-electron chi connectivity index (χ4n) is 2.57. The van der Waals surface area contributed by atoms with Crippen LogP contribution >= 0.6 is 11.6 Å². The summed E-state index contributed by atoms with van der Waals surface area (Å²) in [6.45, 7) is 3.97. The van der Waals surface area contributed by atoms with Gasteiger partial charge in [0, 0.05) is 17.9 Å². The third-order valence-corrected chi connectivity index (χ3v) is 3.69. The quantitative estimate of drug-likeness (QED) is 0.685. The van der Waals surface area contributed by atoms with E-state index in [0.717, 1.165) is 22.6 Å². The topological polar surface area (TPSA) is 35.5 Å². The molecule has 0 bridgehead atoms. The summed E-state index contributed by atoms with van der Waals surface area (Å²) in [6.07, 6.45) is 0.335. The number of carbonyl (C=O) groups is 1. The van der Waals surface area contributed by atoms with Crippen molar-refractivity contribution in [2.75, 3.05) is 7.11 Å². The van der Waals surface area contributed by atoms with Crippen LogP contribution in [0.15, 0.2) is 48.5 Å². The predicted octanol–water partition coefficient (Wildman–Crippen LogP) is 4.77. The van der Waals surface area contributed by atoms with Gasteiger partial charge in [-0.3, -0.25) is 4.79 Å². The molecule has 0 aliphatic heterocycles. The summed E-state index contributed by atoms with van der Waals surface area (Å²) in [4.78, 5) is 11.5. The van der Waals surface area contributed by atoms with Gasteiger partial charge in [-0.15, -0.1) is 0 Å². The zero-order valence-corrected chi connectivity index (χ0v) is 14.3. The molecule has 23 heavy (non-hydrogen) atoms. The fourth-order valence-corrected chi connectivity index (χ4v) is 2.73. The third kappa shape index (κ3) is 4.73. The number of para-hydroxylation sites is 1. The smallest absolute Gasteiger partial charge is 0.222 e. The molecule has 0 N–H and O–H groups in total. The number of ether oxygens (including phenoxy) is 2. The Balaban J connectivity index is 2.37. The lowest BCUT2D eigenvalue weighted by Crippen LogP contribution is -2.08. The molecule has 0 amide bonds. The first-order valence-corrected chi connectivity index (χ1v) is 7.97. The number of hydrogen-bond donors (Lipinski definition) is 0. The third-order valence-electron chi connectivity index (χ3n) is 3.53. The molecular weight excluding hydrogens is 312 g/mol. The lowest BCUT2D eigenvalue weighted by Gasteiger charge is -2.19. The number of halogens is 1. The molecule has 0 radical (unpaired) electrons. The SMILES string of the molecule is COc1ccccc1C(CC(=O)Cl)c1ccc(OC(C)C)cc1. The van der Waals surface area contributed by atoms with Crippen molar-refractivity contribution in [3.05, 3.63) is 59.7 Å². The van der Waals surface area contributed by atoms with Crippen LogP contribution in [0.4, 0.5) is 0 Å². The maximum absolute atomic E-state index is 11.5. The minimum Gasteiger partial charge on any atom is -0.496 e. The molecule has 4 heteroatoms. The zero-order chi connectivity index (χ0) is 16.8. The molecule has 2 rings (SSSR count). The maximum atomic E-state index is 11.5. The molecule has 0 spiro atoms. The van der Waals surface area contributed by atoms with Gasteiger partial charge in [0.1, 0.15) is 11.5 Å². The Morgan fingerprint density at radius 1 is 1.09 bits per heavy atom. The van der Waals surface area contributed by atoms with Crippen molar-refractivity contribution in [2.24, 2.45) is 0 Å². The monoisotopic (exact) mass is 332 g/mol. The second kappa shape index (κ2) is 8.02. The van der Waals surface area contributed by atoms with Crippen LogP contribution in [0.25, 0.3) is 0 Å². The minimum atomic E-state index is -0.372. The first-order valence-electron chi connectivity index (χ1n) is 7.59. The Morgan fingerprint density at radius 2 is 1.74 bits per heavy atom. The van der Waals surface area contributed by atoms with Crippen LogP contribution in [-0.2, 0) is 4.79 Å². The van der Waals surface area contributed by atoms with Gasteiger partial charge < -0.3 is 9.47 Å². The largest absolute Gasteiger partial charge is 0.496 e. The van der Waals surface area contributed by atoms with Gasteiger partial charge in [0.15, 0.2) is 0 Å². The van der Waals surface area contributed by atoms with Crippen molar-refractivity contribution in [2.45, 2.75) is 32.3 Å². The highest BCUT2D eigenvalue weighted by atomic mass is 35.5. The van der Waals surface area contributed by atoms with Gasteiger partial charge in [0.05, 0.1) is 13.2 Å². The van der Waals surface area contributed by atoms with Crippen molar-refractivity contribution in [1.29, 1.82) is 0 Å². The second-order valence-corrected chi connectivity index (χ2v) is 6.01. The Morgan fingerprint density at radius 3 is 2.30 bits per heavy atom. The highest BCUT2D eigenvalue weighted by Gasteiger charge is 2.20. The molecule has 0 aliphatic rings. The molecule has 0 saturated heterocycles. The van der Waals surface area contributed by atoms with Gasteiger partial charge in [-0.1, -0.05) is 30.3 Å². The molecule has 122 valence electrons. The van der Waals surface area contributed by atoms with E-state index >= 15 is 0 Å². The summed E-state index contributed by atoms with van der Waals surface area (Å²) in [5, 5.41) is -0.372. The van der Waals surface area contributed by atoms with Crippen LogP contribution < -0.4 is 9.47 Å². The van der Waals surface area contributed by atoms with Gasteiger partial charge in [0.25, 0.3) is 0 Å². The lowest BCUT2D eigenvalue weighted by atomic mass is 9.88. The Hall–Kier alpha value is -2.00. The first kappa shape index (κ1) is 17.4. The summed E-state index contributed by atoms with van der Waals surface area (Å²) in [5.74, 6) is 1.40. The molecule has 2 aromatic carbocycles. The zero-order valence-electron chi connectivity index (χ0n) is 13.6. The van der Waals surface area contributed by atoms with E-state index in [-0.39, 0.29) is 23.7 Å². The van der Waals surface area contributed by atoms with Crippen LogP contribution in [0.5, 0.6) is 11.5 Å². The average Bonchev–Trinajstić information content (AvgIpc) is 2.53. The second-order valence-electron chi connectivity index (χ2n) is 5.59. The summed E-state index contributed by atoms with van der Waals surface area (Å²) in [5.41, 5.74) is 1.95. The minimum absolute atomic E-state index is 0.121. The fraction of sp³-hybridized carbons (Fsp3) is 0.316. The van der Waals surface area contributed by atoms with Crippen molar-refractivity contribution in [3.63, 3.8) is 0 Å². The van der Waals surface area contributed by atoms with Crippen molar-refractivity contribution in [3.8, 4) is 11.5 Å². The molecule has 0 fully saturated rings. The van der Waals surface area contributed by atoms with E-state index in [1.807, 2.05) is 62.4 Å². The molecule has 3 nitrogen and oxygen atoms in total. The normalized spacial score (nSPS) is 12.0. The van der Waals surface area contributed by atoms with E-state index in [2.05, 4.69) is 0 Å². The number of benzene rings is 2. The van der Waals surface area contributed by atoms with E-state index < -0.39 is 0 Å². The molecule has 0 heterocycles. The van der Waals surface area contributed by atoms with E-state index in [1.54, 1.807) is 7.11 Å². The first-order chi connectivity index (χ1) is 11.0. The Bertz CT molecular complexity index is 650. The molecule has 1 atom stereocenters. The molecule has 0 saturated carbocycles. The van der Waals surface area contributed by atoms with E-state index in [4.69, 9.17) is 21.1 Å². The van der Waals surface area contributed by atoms with Gasteiger partial charge in [-0.2, -0.15) is 0 Å². The Kier molecular flexibility index (Phi) is 6.05. The summed E-state index contributed by atoms with van der Waals surface area (Å²) in [7, 11) is 1.62. The van der Waals surface area contributed by atoms with Gasteiger partial charge >= 0.3 is 0 Å². The molecule has 2 aromatic rings. The van der Waals surface area contributed by atoms with Crippen molar-refractivity contribution in [1.82, 2.24) is 0 Å². The van der Waals surface area contributed by atoms with E-state index in [0.29, 0.717) is 0 Å². The van der Waals surface area contributed by atoms with Crippen molar-refractivity contribution >= 4 is 16.8 Å². The van der Waals surface area contributed by atoms with E-state index in [1.165, 1.54) is 0 Å². The lowest BCUT2D eigenvalue weighted by molar-refractivity contribution is -0.111. The molecule has 0 aromatic heterocycles. The Labute approximate surface area is 142 Å². The molecular formula is C19H21ClO3. The van der Waals surface area contributed by atoms with Gasteiger partial charge in [-0.25, -0.2) is 0 Å². The number of carbonyl (C=O) groups excluding carboxylic acids is 1. The highest BCUT2D eigenvalue weighted by molar-refractivity contribution is 6.63. The van der Waals surface area contributed by atoms with Crippen molar-refractivity contribution < 1.29 is 14.3 Å². The number of hydrogen-bond acceptors (Lipinski definition) is 3. The average molecular weight is 333 g/mol. The summed E-state index contributed by atoms with van der Waals surface area (Å²) in [6, 6.07) is 15.4. The van der Waals surface area contributed by atoms with Crippen LogP contribution in [-0.4, -0.2) is 18.5 Å². The number of methoxy groups -OCH3 is 1. The molecule has 0 aliphatic carbocycles. The predicted molar refractivity (Wildman–Crippen MR) is 92.5 cm³/mol. The highest BCUT2D eigenvalue weighted by Crippen LogP contribution is 2.35. The van der Waals surface area contributed by atoms with Crippen LogP contribution in [0.3, 0.4) is 0 Å². The maximum Gasteiger partial charge on any atom is 0.222 e. The summed E-state index contributed by atoms with van der Waals surface area (Å²) < 4.78 is 11.1. The van der Waals surface area contributed by atoms with E-state index in [9.17, 15) is 4.79 Å². The van der Waals surface area contributed by atoms with Gasteiger partial charge in [0.2, 0.25) is 5.24 Å². The van der Waals surface area contributed by atoms with Gasteiger partial charge in [-0.05, 0) is 49.2 Å². The van der Waals surface area contributed by atoms with Crippen LogP contribution in [0, 0.1) is 0 Å². The number of rotatable bonds is 7.